The van der Waals surface area contributed by atoms with Crippen molar-refractivity contribution < 1.29 is 4.79 Å². The molecular formula is C33H30N4OS. The van der Waals surface area contributed by atoms with Gasteiger partial charge in [-0.3, -0.25) is 9.69 Å². The third-order valence-electron chi connectivity index (χ3n) is 6.73. The van der Waals surface area contributed by atoms with Crippen molar-refractivity contribution >= 4 is 23.4 Å². The molecule has 0 saturated carbocycles. The Hall–Kier alpha value is -4.31. The summed E-state index contributed by atoms with van der Waals surface area (Å²) in [7, 11) is 0. The Morgan fingerprint density at radius 3 is 1.90 bits per heavy atom. The van der Waals surface area contributed by atoms with E-state index in [2.05, 4.69) is 69.7 Å². The zero-order valence-corrected chi connectivity index (χ0v) is 22.4. The van der Waals surface area contributed by atoms with Gasteiger partial charge in [0, 0.05) is 42.2 Å². The number of nitriles is 1. The number of anilines is 1. The first-order valence-electron chi connectivity index (χ1n) is 13.0. The summed E-state index contributed by atoms with van der Waals surface area (Å²) >= 11 is 1.58. The largest absolute Gasteiger partial charge is 0.374 e. The molecule has 6 heteroatoms. The zero-order valence-electron chi connectivity index (χ0n) is 21.6. The lowest BCUT2D eigenvalue weighted by molar-refractivity contribution is -0.112. The molecular weight excluding hydrogens is 500 g/mol. The molecule has 0 bridgehead atoms. The van der Waals surface area contributed by atoms with Crippen molar-refractivity contribution in [2.24, 2.45) is 0 Å². The van der Waals surface area contributed by atoms with Gasteiger partial charge in [-0.25, -0.2) is 0 Å². The van der Waals surface area contributed by atoms with Gasteiger partial charge in [-0.2, -0.15) is 5.26 Å². The second kappa shape index (κ2) is 13.0. The molecule has 4 aromatic rings. The lowest BCUT2D eigenvalue weighted by Crippen LogP contribution is -2.46. The van der Waals surface area contributed by atoms with Crippen molar-refractivity contribution in [3.05, 3.63) is 138 Å². The molecule has 1 amide bonds. The SMILES string of the molecule is N#C/C(=C/N1CCN(C(c2ccccc2)c2ccccc2)CC1)C(=O)Nc1ccccc1Sc1ccccc1. The molecule has 0 spiro atoms. The molecule has 1 saturated heterocycles. The average Bonchev–Trinajstić information content (AvgIpc) is 2.99. The molecule has 0 atom stereocenters. The van der Waals surface area contributed by atoms with Gasteiger partial charge in [0.1, 0.15) is 11.6 Å². The molecule has 0 aromatic heterocycles. The van der Waals surface area contributed by atoms with Crippen molar-refractivity contribution in [1.82, 2.24) is 9.80 Å². The first-order valence-corrected chi connectivity index (χ1v) is 13.9. The number of hydrogen-bond acceptors (Lipinski definition) is 5. The molecule has 0 unspecified atom stereocenters. The van der Waals surface area contributed by atoms with Crippen molar-refractivity contribution in [1.29, 1.82) is 5.26 Å². The lowest BCUT2D eigenvalue weighted by atomic mass is 9.96. The molecule has 0 radical (unpaired) electrons. The van der Waals surface area contributed by atoms with Gasteiger partial charge >= 0.3 is 0 Å². The van der Waals surface area contributed by atoms with E-state index in [1.807, 2.05) is 66.7 Å². The number of para-hydroxylation sites is 1. The van der Waals surface area contributed by atoms with Gasteiger partial charge in [0.2, 0.25) is 0 Å². The van der Waals surface area contributed by atoms with Crippen molar-refractivity contribution in [2.45, 2.75) is 15.8 Å². The van der Waals surface area contributed by atoms with E-state index < -0.39 is 5.91 Å². The van der Waals surface area contributed by atoms with Crippen LogP contribution in [0.2, 0.25) is 0 Å². The number of nitrogens with one attached hydrogen (secondary N) is 1. The number of hydrogen-bond donors (Lipinski definition) is 1. The van der Waals surface area contributed by atoms with Gasteiger partial charge in [-0.1, -0.05) is 103 Å². The summed E-state index contributed by atoms with van der Waals surface area (Å²) in [5, 5.41) is 12.8. The topological polar surface area (TPSA) is 59.4 Å². The summed E-state index contributed by atoms with van der Waals surface area (Å²) in [6, 6.07) is 41.1. The van der Waals surface area contributed by atoms with Crippen LogP contribution < -0.4 is 5.32 Å². The van der Waals surface area contributed by atoms with Gasteiger partial charge in [-0.15, -0.1) is 0 Å². The fourth-order valence-electron chi connectivity index (χ4n) is 4.79. The highest BCUT2D eigenvalue weighted by atomic mass is 32.2. The maximum atomic E-state index is 13.1. The Labute approximate surface area is 234 Å². The van der Waals surface area contributed by atoms with E-state index >= 15 is 0 Å². The van der Waals surface area contributed by atoms with Crippen LogP contribution in [0.1, 0.15) is 17.2 Å². The summed E-state index contributed by atoms with van der Waals surface area (Å²) in [4.78, 5) is 19.7. The van der Waals surface area contributed by atoms with E-state index in [0.29, 0.717) is 5.69 Å². The molecule has 5 nitrogen and oxygen atoms in total. The Kier molecular flexibility index (Phi) is 8.75. The molecule has 1 aliphatic rings. The Balaban J connectivity index is 1.26. The minimum atomic E-state index is -0.396. The third-order valence-corrected chi connectivity index (χ3v) is 7.81. The van der Waals surface area contributed by atoms with Crippen LogP contribution in [0.15, 0.2) is 137 Å². The maximum Gasteiger partial charge on any atom is 0.267 e. The van der Waals surface area contributed by atoms with E-state index in [-0.39, 0.29) is 11.6 Å². The van der Waals surface area contributed by atoms with Crippen LogP contribution in [0.3, 0.4) is 0 Å². The number of carbonyl (C=O) groups is 1. The van der Waals surface area contributed by atoms with Crippen LogP contribution >= 0.6 is 11.8 Å². The van der Waals surface area contributed by atoms with Gasteiger partial charge < -0.3 is 10.2 Å². The van der Waals surface area contributed by atoms with Crippen LogP contribution in [0.4, 0.5) is 5.69 Å². The number of amides is 1. The Bertz CT molecular complexity index is 1400. The highest BCUT2D eigenvalue weighted by molar-refractivity contribution is 7.99. The van der Waals surface area contributed by atoms with Crippen molar-refractivity contribution in [3.63, 3.8) is 0 Å². The van der Waals surface area contributed by atoms with E-state index in [4.69, 9.17) is 0 Å². The van der Waals surface area contributed by atoms with Crippen LogP contribution in [0.5, 0.6) is 0 Å². The van der Waals surface area contributed by atoms with Crippen LogP contribution in [0, 0.1) is 11.3 Å². The van der Waals surface area contributed by atoms with Crippen molar-refractivity contribution in [2.75, 3.05) is 31.5 Å². The van der Waals surface area contributed by atoms with E-state index in [9.17, 15) is 10.1 Å². The maximum absolute atomic E-state index is 13.1. The molecule has 39 heavy (non-hydrogen) atoms. The number of benzene rings is 4. The molecule has 1 fully saturated rings. The van der Waals surface area contributed by atoms with Gasteiger partial charge in [0.25, 0.3) is 5.91 Å². The number of rotatable bonds is 8. The Morgan fingerprint density at radius 2 is 1.31 bits per heavy atom. The standard InChI is InChI=1S/C33H30N4OS/c34-24-28(33(38)35-30-18-10-11-19-31(30)39-29-16-8-3-9-17-29)25-36-20-22-37(23-21-36)32(26-12-4-1-5-13-26)27-14-6-2-7-15-27/h1-19,25,32H,20-23H2,(H,35,38)/b28-25-. The monoisotopic (exact) mass is 530 g/mol. The molecule has 1 aliphatic heterocycles. The molecule has 1 heterocycles. The van der Waals surface area contributed by atoms with Crippen LogP contribution in [-0.4, -0.2) is 41.9 Å². The predicted octanol–water partition coefficient (Wildman–Crippen LogP) is 6.59. The molecule has 0 aliphatic carbocycles. The van der Waals surface area contributed by atoms with Crippen molar-refractivity contribution in [3.8, 4) is 6.07 Å². The normalized spacial score (nSPS) is 14.2. The highest BCUT2D eigenvalue weighted by Gasteiger charge is 2.26. The lowest BCUT2D eigenvalue weighted by Gasteiger charge is -2.39. The first kappa shape index (κ1) is 26.3. The summed E-state index contributed by atoms with van der Waals surface area (Å²) in [5.41, 5.74) is 3.31. The quantitative estimate of drug-likeness (QED) is 0.206. The smallest absolute Gasteiger partial charge is 0.267 e. The molecule has 4 aromatic carbocycles. The Morgan fingerprint density at radius 1 is 0.769 bits per heavy atom. The van der Waals surface area contributed by atoms with E-state index in [1.165, 1.54) is 11.1 Å². The van der Waals surface area contributed by atoms with Gasteiger partial charge in [0.15, 0.2) is 0 Å². The fraction of sp³-hybridized carbons (Fsp3) is 0.152. The second-order valence-electron chi connectivity index (χ2n) is 9.32. The number of carbonyl (C=O) groups excluding carboxylic acids is 1. The third kappa shape index (κ3) is 6.77. The molecule has 194 valence electrons. The minimum Gasteiger partial charge on any atom is -0.374 e. The van der Waals surface area contributed by atoms with Gasteiger partial charge in [-0.05, 0) is 35.4 Å². The zero-order chi connectivity index (χ0) is 26.9. The predicted molar refractivity (Wildman–Crippen MR) is 157 cm³/mol. The summed E-state index contributed by atoms with van der Waals surface area (Å²) in [6.45, 7) is 3.10. The first-order chi connectivity index (χ1) is 19.2. The molecule has 1 N–H and O–H groups in total. The summed E-state index contributed by atoms with van der Waals surface area (Å²) in [5.74, 6) is -0.396. The summed E-state index contributed by atoms with van der Waals surface area (Å²) < 4.78 is 0. The number of piperazine rings is 1. The average molecular weight is 531 g/mol. The van der Waals surface area contributed by atoms with Crippen LogP contribution in [0.25, 0.3) is 0 Å². The number of nitrogens with zero attached hydrogens (tertiary/aromatic N) is 3. The van der Waals surface area contributed by atoms with Crippen LogP contribution in [-0.2, 0) is 4.79 Å². The molecule has 5 rings (SSSR count). The second-order valence-corrected chi connectivity index (χ2v) is 10.4. The van der Waals surface area contributed by atoms with Gasteiger partial charge in [0.05, 0.1) is 11.7 Å². The highest BCUT2D eigenvalue weighted by Crippen LogP contribution is 2.33. The minimum absolute atomic E-state index is 0.102. The van der Waals surface area contributed by atoms with E-state index in [1.54, 1.807) is 18.0 Å². The van der Waals surface area contributed by atoms with E-state index in [0.717, 1.165) is 36.0 Å². The fourth-order valence-corrected chi connectivity index (χ4v) is 5.72. The summed E-state index contributed by atoms with van der Waals surface area (Å²) in [6.07, 6.45) is 1.71.